The number of aromatic nitrogens is 2. The number of nitrogens with zero attached hydrogens (tertiary/aromatic N) is 2. The van der Waals surface area contributed by atoms with Crippen LogP contribution in [-0.4, -0.2) is 15.0 Å². The summed E-state index contributed by atoms with van der Waals surface area (Å²) in [6.45, 7) is 0. The predicted molar refractivity (Wildman–Crippen MR) is 63.2 cm³/mol. The van der Waals surface area contributed by atoms with E-state index in [0.717, 1.165) is 11.7 Å². The van der Waals surface area contributed by atoms with Crippen molar-refractivity contribution in [2.24, 2.45) is 0 Å². The molecule has 2 aromatic rings. The van der Waals surface area contributed by atoms with Crippen LogP contribution in [0.4, 0.5) is 0 Å². The Balaban J connectivity index is 2.14. The number of ether oxygens (including phenoxy) is 1. The van der Waals surface area contributed by atoms with Gasteiger partial charge in [-0.3, -0.25) is 0 Å². The van der Waals surface area contributed by atoms with Crippen LogP contribution in [0.3, 0.4) is 0 Å². The third-order valence-corrected chi connectivity index (χ3v) is 3.30. The van der Waals surface area contributed by atoms with E-state index >= 15 is 0 Å². The molecule has 0 fully saturated rings. The zero-order valence-corrected chi connectivity index (χ0v) is 10.2. The zero-order chi connectivity index (χ0) is 10.7. The van der Waals surface area contributed by atoms with E-state index in [1.165, 1.54) is 4.90 Å². The first-order chi connectivity index (χ1) is 7.29. The molecule has 1 heterocycles. The molecule has 15 heavy (non-hydrogen) atoms. The number of benzene rings is 1. The quantitative estimate of drug-likeness (QED) is 0.787. The van der Waals surface area contributed by atoms with Gasteiger partial charge in [-0.25, -0.2) is 0 Å². The molecule has 0 atom stereocenters. The van der Waals surface area contributed by atoms with Crippen LogP contribution in [0.25, 0.3) is 0 Å². The SMILES string of the molecule is CSc1ccc(Oc2nsnc2Cl)cc1. The second kappa shape index (κ2) is 4.83. The summed E-state index contributed by atoms with van der Waals surface area (Å²) in [4.78, 5) is 1.19. The first-order valence-electron chi connectivity index (χ1n) is 4.09. The van der Waals surface area contributed by atoms with Crippen molar-refractivity contribution < 1.29 is 4.74 Å². The van der Waals surface area contributed by atoms with Gasteiger partial charge >= 0.3 is 0 Å². The van der Waals surface area contributed by atoms with Crippen molar-refractivity contribution in [2.45, 2.75) is 4.90 Å². The summed E-state index contributed by atoms with van der Waals surface area (Å²) in [7, 11) is 0. The van der Waals surface area contributed by atoms with Gasteiger partial charge in [0.15, 0.2) is 0 Å². The van der Waals surface area contributed by atoms with Crippen molar-refractivity contribution in [2.75, 3.05) is 6.26 Å². The highest BCUT2D eigenvalue weighted by Crippen LogP contribution is 2.27. The summed E-state index contributed by atoms with van der Waals surface area (Å²) < 4.78 is 13.2. The van der Waals surface area contributed by atoms with E-state index in [1.54, 1.807) is 11.8 Å². The molecule has 0 amide bonds. The Labute approximate surface area is 101 Å². The Hall–Kier alpha value is -0.780. The normalized spacial score (nSPS) is 10.3. The van der Waals surface area contributed by atoms with Gasteiger partial charge in [0, 0.05) is 4.90 Å². The fraction of sp³-hybridized carbons (Fsp3) is 0.111. The van der Waals surface area contributed by atoms with Crippen LogP contribution in [0.15, 0.2) is 29.2 Å². The molecule has 1 aromatic carbocycles. The van der Waals surface area contributed by atoms with Crippen LogP contribution >= 0.6 is 35.1 Å². The third-order valence-electron chi connectivity index (χ3n) is 1.70. The molecule has 0 unspecified atom stereocenters. The largest absolute Gasteiger partial charge is 0.436 e. The molecule has 0 aliphatic heterocycles. The molecule has 0 saturated heterocycles. The minimum absolute atomic E-state index is 0.300. The molecule has 0 saturated carbocycles. The second-order valence-corrected chi connectivity index (χ2v) is 4.40. The van der Waals surface area contributed by atoms with E-state index in [0.29, 0.717) is 16.8 Å². The first-order valence-corrected chi connectivity index (χ1v) is 6.43. The zero-order valence-electron chi connectivity index (χ0n) is 7.81. The van der Waals surface area contributed by atoms with Gasteiger partial charge in [0.05, 0.1) is 11.7 Å². The van der Waals surface area contributed by atoms with Gasteiger partial charge in [0.25, 0.3) is 5.88 Å². The summed E-state index contributed by atoms with van der Waals surface area (Å²) in [5.41, 5.74) is 0. The van der Waals surface area contributed by atoms with E-state index in [4.69, 9.17) is 16.3 Å². The lowest BCUT2D eigenvalue weighted by Gasteiger charge is -2.02. The van der Waals surface area contributed by atoms with Crippen LogP contribution in [0.1, 0.15) is 0 Å². The average Bonchev–Trinajstić information content (AvgIpc) is 2.66. The smallest absolute Gasteiger partial charge is 0.270 e. The third kappa shape index (κ3) is 2.62. The van der Waals surface area contributed by atoms with E-state index in [2.05, 4.69) is 8.75 Å². The summed E-state index contributed by atoms with van der Waals surface area (Å²) in [5.74, 6) is 1.07. The van der Waals surface area contributed by atoms with Crippen molar-refractivity contribution in [3.05, 3.63) is 29.4 Å². The molecule has 2 rings (SSSR count). The summed E-state index contributed by atoms with van der Waals surface area (Å²) >= 11 is 8.47. The van der Waals surface area contributed by atoms with Crippen LogP contribution < -0.4 is 4.74 Å². The molecule has 78 valence electrons. The molecular formula is C9H7ClN2OS2. The lowest BCUT2D eigenvalue weighted by atomic mass is 10.3. The van der Waals surface area contributed by atoms with Crippen molar-refractivity contribution in [3.8, 4) is 11.6 Å². The molecular weight excluding hydrogens is 252 g/mol. The summed E-state index contributed by atoms with van der Waals surface area (Å²) in [6, 6.07) is 7.71. The molecule has 0 aliphatic rings. The monoisotopic (exact) mass is 258 g/mol. The Kier molecular flexibility index (Phi) is 3.45. The van der Waals surface area contributed by atoms with Gasteiger partial charge in [-0.1, -0.05) is 11.6 Å². The first kappa shape index (κ1) is 10.7. The molecule has 6 heteroatoms. The number of hydrogen-bond donors (Lipinski definition) is 0. The maximum atomic E-state index is 5.76. The average molecular weight is 259 g/mol. The van der Waals surface area contributed by atoms with Gasteiger partial charge in [0.2, 0.25) is 5.15 Å². The van der Waals surface area contributed by atoms with Crippen molar-refractivity contribution in [1.29, 1.82) is 0 Å². The van der Waals surface area contributed by atoms with E-state index < -0.39 is 0 Å². The molecule has 0 N–H and O–H groups in total. The molecule has 1 aromatic heterocycles. The topological polar surface area (TPSA) is 35.0 Å². The summed E-state index contributed by atoms with van der Waals surface area (Å²) in [5, 5.41) is 0.300. The van der Waals surface area contributed by atoms with Gasteiger partial charge in [-0.05, 0) is 30.5 Å². The molecule has 0 aliphatic carbocycles. The molecule has 0 spiro atoms. The van der Waals surface area contributed by atoms with Crippen LogP contribution in [0.2, 0.25) is 5.15 Å². The maximum absolute atomic E-state index is 5.76. The Morgan fingerprint density at radius 3 is 2.53 bits per heavy atom. The van der Waals surface area contributed by atoms with E-state index in [-0.39, 0.29) is 0 Å². The highest BCUT2D eigenvalue weighted by atomic mass is 35.5. The van der Waals surface area contributed by atoms with Crippen molar-refractivity contribution in [3.63, 3.8) is 0 Å². The lowest BCUT2D eigenvalue weighted by Crippen LogP contribution is -1.84. The number of rotatable bonds is 3. The van der Waals surface area contributed by atoms with Gasteiger partial charge in [-0.15, -0.1) is 16.1 Å². The Bertz CT molecular complexity index is 444. The number of thioether (sulfide) groups is 1. The van der Waals surface area contributed by atoms with Gasteiger partial charge in [-0.2, -0.15) is 4.37 Å². The summed E-state index contributed by atoms with van der Waals surface area (Å²) in [6.07, 6.45) is 2.02. The van der Waals surface area contributed by atoms with Crippen LogP contribution in [-0.2, 0) is 0 Å². The van der Waals surface area contributed by atoms with Crippen LogP contribution in [0, 0.1) is 0 Å². The highest BCUT2D eigenvalue weighted by Gasteiger charge is 2.07. The van der Waals surface area contributed by atoms with Crippen molar-refractivity contribution >= 4 is 35.1 Å². The predicted octanol–water partition coefficient (Wildman–Crippen LogP) is 3.71. The fourth-order valence-electron chi connectivity index (χ4n) is 0.986. The Morgan fingerprint density at radius 1 is 1.27 bits per heavy atom. The number of halogens is 1. The number of hydrogen-bond acceptors (Lipinski definition) is 5. The Morgan fingerprint density at radius 2 is 2.00 bits per heavy atom. The van der Waals surface area contributed by atoms with Crippen molar-refractivity contribution in [1.82, 2.24) is 8.75 Å². The standard InChI is InChI=1S/C9H7ClN2OS2/c1-14-7-4-2-6(3-5-7)13-9-8(10)11-15-12-9/h2-5H,1H3. The van der Waals surface area contributed by atoms with Gasteiger partial charge < -0.3 is 4.74 Å². The molecule has 0 radical (unpaired) electrons. The minimum Gasteiger partial charge on any atom is -0.436 e. The minimum atomic E-state index is 0.300. The molecule has 3 nitrogen and oxygen atoms in total. The molecule has 0 bridgehead atoms. The fourth-order valence-corrected chi connectivity index (χ4v) is 2.01. The van der Waals surface area contributed by atoms with E-state index in [1.807, 2.05) is 30.5 Å². The lowest BCUT2D eigenvalue weighted by molar-refractivity contribution is 0.467. The van der Waals surface area contributed by atoms with Gasteiger partial charge in [0.1, 0.15) is 5.75 Å². The van der Waals surface area contributed by atoms with Crippen LogP contribution in [0.5, 0.6) is 11.6 Å². The van der Waals surface area contributed by atoms with E-state index in [9.17, 15) is 0 Å². The second-order valence-electron chi connectivity index (χ2n) is 2.64. The highest BCUT2D eigenvalue weighted by molar-refractivity contribution is 7.98. The maximum Gasteiger partial charge on any atom is 0.270 e.